The maximum atomic E-state index is 13.8. The molecule has 348 valence electrons. The standard InChI is InChI=1S/C20H23NO.C19H19F2NO.C19H20FNO/c1-15-10-11-20-19(13-15)18(9-6-12-21(2)3)17-8-5-4-7-16(17)14-22-20;1-22(2)9-3-4-16-17-10-14(20)6-5-13(17)12-23-19-8-7-15(21)11-18(16)19;1-21(2)11-5-7-16-17-6-3-4-8-19(17)22-13-14-9-10-15(20)12-18(14)16/h4-5,7-11,13H,6,12,14H2,1-3H3;4-8,10-11H,3,9,12H2,1-2H3;3-4,6-10,12H,5,11,13H2,1-2H3/b18-9+;16-4+;16-7-. The van der Waals surface area contributed by atoms with Gasteiger partial charge in [-0.05, 0) is 179 Å². The number of ether oxygens (including phenoxy) is 3. The molecule has 0 spiro atoms. The van der Waals surface area contributed by atoms with E-state index in [0.29, 0.717) is 31.1 Å². The van der Waals surface area contributed by atoms with Gasteiger partial charge in [-0.25, -0.2) is 13.2 Å². The first kappa shape index (κ1) is 48.5. The summed E-state index contributed by atoms with van der Waals surface area (Å²) in [6.07, 6.45) is 9.30. The number of benzene rings is 6. The Morgan fingerprint density at radius 1 is 0.403 bits per heavy atom. The van der Waals surface area contributed by atoms with Crippen LogP contribution in [-0.4, -0.2) is 76.6 Å². The Kier molecular flexibility index (Phi) is 16.6. The average Bonchev–Trinajstić information content (AvgIpc) is 3.63. The van der Waals surface area contributed by atoms with Gasteiger partial charge < -0.3 is 28.9 Å². The number of para-hydroxylation sites is 1. The third kappa shape index (κ3) is 12.7. The SMILES string of the molecule is CN(C)CC/C=C1\c2cc(F)ccc2COc2ccc(F)cc21.CN(C)CC/C=C1\c2cc(F)ccc2COc2ccccc21.Cc1ccc2c(c1)/C(=C/CCN(C)C)c1ccccc1CO2. The van der Waals surface area contributed by atoms with Gasteiger partial charge in [0.1, 0.15) is 54.5 Å². The van der Waals surface area contributed by atoms with Crippen LogP contribution in [0.4, 0.5) is 13.2 Å². The van der Waals surface area contributed by atoms with Gasteiger partial charge in [0.15, 0.2) is 0 Å². The third-order valence-corrected chi connectivity index (χ3v) is 11.8. The monoisotopic (exact) mass is 905 g/mol. The molecular formula is C58H62F3N3O3. The van der Waals surface area contributed by atoms with Crippen LogP contribution in [0.3, 0.4) is 0 Å². The zero-order valence-corrected chi connectivity index (χ0v) is 39.8. The van der Waals surface area contributed by atoms with Crippen molar-refractivity contribution in [1.82, 2.24) is 14.7 Å². The first-order chi connectivity index (χ1) is 32.3. The Morgan fingerprint density at radius 3 is 1.30 bits per heavy atom. The molecule has 0 unspecified atom stereocenters. The van der Waals surface area contributed by atoms with Crippen molar-refractivity contribution in [2.24, 2.45) is 0 Å². The van der Waals surface area contributed by atoms with Crippen molar-refractivity contribution in [3.8, 4) is 17.2 Å². The lowest BCUT2D eigenvalue weighted by molar-refractivity contribution is 0.306. The molecule has 9 rings (SSSR count). The molecule has 0 bridgehead atoms. The predicted molar refractivity (Wildman–Crippen MR) is 267 cm³/mol. The highest BCUT2D eigenvalue weighted by Crippen LogP contribution is 2.40. The second-order valence-corrected chi connectivity index (χ2v) is 17.9. The van der Waals surface area contributed by atoms with Crippen LogP contribution >= 0.6 is 0 Å². The number of hydrogen-bond acceptors (Lipinski definition) is 6. The fourth-order valence-electron chi connectivity index (χ4n) is 8.36. The largest absolute Gasteiger partial charge is 0.488 e. The summed E-state index contributed by atoms with van der Waals surface area (Å²) >= 11 is 0. The number of nitrogens with zero attached hydrogens (tertiary/aromatic N) is 3. The molecule has 0 aromatic heterocycles. The molecule has 0 atom stereocenters. The summed E-state index contributed by atoms with van der Waals surface area (Å²) in [5.41, 5.74) is 13.6. The quantitative estimate of drug-likeness (QED) is 0.144. The molecule has 0 N–H and O–H groups in total. The van der Waals surface area contributed by atoms with Crippen LogP contribution in [0.25, 0.3) is 16.7 Å². The molecule has 0 saturated heterocycles. The van der Waals surface area contributed by atoms with Gasteiger partial charge in [0.25, 0.3) is 0 Å². The van der Waals surface area contributed by atoms with Gasteiger partial charge in [-0.3, -0.25) is 0 Å². The van der Waals surface area contributed by atoms with Crippen molar-refractivity contribution in [1.29, 1.82) is 0 Å². The summed E-state index contributed by atoms with van der Waals surface area (Å²) < 4.78 is 59.0. The van der Waals surface area contributed by atoms with E-state index in [0.717, 1.165) is 89.4 Å². The topological polar surface area (TPSA) is 37.4 Å². The van der Waals surface area contributed by atoms with Gasteiger partial charge in [-0.15, -0.1) is 0 Å². The molecule has 3 aliphatic rings. The third-order valence-electron chi connectivity index (χ3n) is 11.8. The first-order valence-electron chi connectivity index (χ1n) is 22.9. The van der Waals surface area contributed by atoms with Crippen molar-refractivity contribution in [3.63, 3.8) is 0 Å². The number of aryl methyl sites for hydroxylation is 1. The molecule has 6 nitrogen and oxygen atoms in total. The molecule has 67 heavy (non-hydrogen) atoms. The van der Waals surface area contributed by atoms with Crippen LogP contribution in [0.5, 0.6) is 17.2 Å². The molecular weight excluding hydrogens is 844 g/mol. The second kappa shape index (κ2) is 22.9. The average molecular weight is 906 g/mol. The summed E-state index contributed by atoms with van der Waals surface area (Å²) in [6, 6.07) is 37.0. The van der Waals surface area contributed by atoms with Crippen molar-refractivity contribution >= 4 is 16.7 Å². The molecule has 0 fully saturated rings. The summed E-state index contributed by atoms with van der Waals surface area (Å²) in [5, 5.41) is 0. The Balaban J connectivity index is 0.000000149. The zero-order valence-electron chi connectivity index (χ0n) is 39.8. The molecule has 0 aliphatic carbocycles. The van der Waals surface area contributed by atoms with Crippen LogP contribution in [-0.2, 0) is 19.8 Å². The van der Waals surface area contributed by atoms with Gasteiger partial charge in [0.2, 0.25) is 0 Å². The van der Waals surface area contributed by atoms with Crippen molar-refractivity contribution in [3.05, 3.63) is 213 Å². The molecule has 0 amide bonds. The fraction of sp³-hybridized carbons (Fsp3) is 0.276. The van der Waals surface area contributed by atoms with Gasteiger partial charge in [0.05, 0.1) is 0 Å². The van der Waals surface area contributed by atoms with E-state index in [1.807, 2.05) is 50.5 Å². The number of hydrogen-bond donors (Lipinski definition) is 0. The smallest absolute Gasteiger partial charge is 0.127 e. The lowest BCUT2D eigenvalue weighted by Gasteiger charge is -2.13. The van der Waals surface area contributed by atoms with E-state index >= 15 is 0 Å². The second-order valence-electron chi connectivity index (χ2n) is 17.9. The van der Waals surface area contributed by atoms with Crippen LogP contribution in [0.15, 0.2) is 140 Å². The van der Waals surface area contributed by atoms with E-state index < -0.39 is 0 Å². The summed E-state index contributed by atoms with van der Waals surface area (Å²) in [7, 11) is 12.3. The van der Waals surface area contributed by atoms with Crippen LogP contribution in [0.1, 0.15) is 74.9 Å². The first-order valence-corrected chi connectivity index (χ1v) is 22.9. The Labute approximate surface area is 395 Å². The summed E-state index contributed by atoms with van der Waals surface area (Å²) in [5.74, 6) is 1.62. The normalized spacial score (nSPS) is 15.1. The van der Waals surface area contributed by atoms with Crippen LogP contribution < -0.4 is 14.2 Å². The van der Waals surface area contributed by atoms with Crippen molar-refractivity contribution in [2.75, 3.05) is 61.9 Å². The maximum absolute atomic E-state index is 13.8. The molecule has 3 heterocycles. The van der Waals surface area contributed by atoms with Crippen molar-refractivity contribution in [2.45, 2.75) is 46.0 Å². The highest BCUT2D eigenvalue weighted by Gasteiger charge is 2.22. The predicted octanol–water partition coefficient (Wildman–Crippen LogP) is 12.6. The summed E-state index contributed by atoms with van der Waals surface area (Å²) in [4.78, 5) is 6.43. The lowest BCUT2D eigenvalue weighted by Crippen LogP contribution is -2.12. The van der Waals surface area contributed by atoms with Crippen LogP contribution in [0, 0.1) is 24.4 Å². The molecule has 6 aromatic carbocycles. The minimum atomic E-state index is -0.328. The Hall–Kier alpha value is -6.39. The fourth-order valence-corrected chi connectivity index (χ4v) is 8.36. The lowest BCUT2D eigenvalue weighted by atomic mass is 9.92. The van der Waals surface area contributed by atoms with Crippen molar-refractivity contribution < 1.29 is 27.4 Å². The molecule has 0 saturated carbocycles. The highest BCUT2D eigenvalue weighted by atomic mass is 19.1. The molecule has 9 heteroatoms. The van der Waals surface area contributed by atoms with E-state index in [-0.39, 0.29) is 17.5 Å². The number of rotatable bonds is 9. The Morgan fingerprint density at radius 2 is 0.776 bits per heavy atom. The van der Waals surface area contributed by atoms with Gasteiger partial charge in [-0.1, -0.05) is 84.5 Å². The minimum absolute atomic E-state index is 0.211. The highest BCUT2D eigenvalue weighted by molar-refractivity contribution is 5.87. The van der Waals surface area contributed by atoms with Gasteiger partial charge in [0, 0.05) is 36.3 Å². The van der Waals surface area contributed by atoms with E-state index in [9.17, 15) is 13.2 Å². The van der Waals surface area contributed by atoms with E-state index in [4.69, 9.17) is 14.2 Å². The van der Waals surface area contributed by atoms with E-state index in [1.165, 1.54) is 58.2 Å². The molecule has 0 radical (unpaired) electrons. The zero-order chi connectivity index (χ0) is 47.5. The number of halogens is 3. The van der Waals surface area contributed by atoms with Gasteiger partial charge in [-0.2, -0.15) is 0 Å². The van der Waals surface area contributed by atoms with E-state index in [2.05, 4.69) is 104 Å². The summed E-state index contributed by atoms with van der Waals surface area (Å²) in [6.45, 7) is 6.45. The van der Waals surface area contributed by atoms with E-state index in [1.54, 1.807) is 18.2 Å². The van der Waals surface area contributed by atoms with Crippen LogP contribution in [0.2, 0.25) is 0 Å². The molecule has 6 aromatic rings. The maximum Gasteiger partial charge on any atom is 0.127 e. The van der Waals surface area contributed by atoms with Gasteiger partial charge >= 0.3 is 0 Å². The molecule has 3 aliphatic heterocycles. The minimum Gasteiger partial charge on any atom is -0.488 e. The number of fused-ring (bicyclic) bond motifs is 6. The Bertz CT molecular complexity index is 2580.